The van der Waals surface area contributed by atoms with E-state index in [1.165, 1.54) is 22.3 Å². The third kappa shape index (κ3) is 5.35. The summed E-state index contributed by atoms with van der Waals surface area (Å²) in [5.41, 5.74) is 6.02. The van der Waals surface area contributed by atoms with Crippen LogP contribution < -0.4 is 24.8 Å². The number of nitrogens with zero attached hydrogens (tertiary/aromatic N) is 1. The molecule has 1 heterocycles. The van der Waals surface area contributed by atoms with Crippen LogP contribution in [0.2, 0.25) is 0 Å². The van der Waals surface area contributed by atoms with E-state index in [0.29, 0.717) is 0 Å². The molecule has 0 amide bonds. The van der Waals surface area contributed by atoms with Gasteiger partial charge < -0.3 is 24.8 Å². The molecule has 1 aliphatic rings. The fourth-order valence-corrected chi connectivity index (χ4v) is 3.23. The molecule has 0 aliphatic heterocycles. The van der Waals surface area contributed by atoms with Crippen LogP contribution >= 0.6 is 0 Å². The first-order valence-electron chi connectivity index (χ1n) is 8.26. The molecule has 4 rings (SSSR count). The molecule has 1 aliphatic carbocycles. The summed E-state index contributed by atoms with van der Waals surface area (Å²) in [6.07, 6.45) is 8.69. The predicted molar refractivity (Wildman–Crippen MR) is 98.3 cm³/mol. The first kappa shape index (κ1) is 23.2. The smallest absolute Gasteiger partial charge is 1.00 e. The topological polar surface area (TPSA) is 12.9 Å². The fourth-order valence-electron chi connectivity index (χ4n) is 3.23. The molecule has 27 heavy (non-hydrogen) atoms. The van der Waals surface area contributed by atoms with Gasteiger partial charge in [0.1, 0.15) is 0 Å². The number of hydrogen-bond donors (Lipinski definition) is 0. The van der Waals surface area contributed by atoms with Crippen molar-refractivity contribution in [2.45, 2.75) is 12.3 Å². The minimum Gasteiger partial charge on any atom is -1.00 e. The molecule has 0 saturated carbocycles. The summed E-state index contributed by atoms with van der Waals surface area (Å²) in [4.78, 5) is 4.61. The maximum Gasteiger partial charge on any atom is 3.00 e. The Morgan fingerprint density at radius 3 is 2.04 bits per heavy atom. The third-order valence-corrected chi connectivity index (χ3v) is 4.37. The van der Waals surface area contributed by atoms with Crippen LogP contribution in [0, 0.1) is 6.08 Å². The van der Waals surface area contributed by atoms with Crippen LogP contribution in [-0.2, 0) is 17.4 Å². The SMILES string of the molecule is [C-]1=C(C(c2ccccc2)c2ccccn2)CC=C1c1ccccc1.[Cl-].[Cl-].[Cr+3]. The summed E-state index contributed by atoms with van der Waals surface area (Å²) >= 11 is 0. The minimum absolute atomic E-state index is 0. The predicted octanol–water partition coefficient (Wildman–Crippen LogP) is -0.564. The van der Waals surface area contributed by atoms with Gasteiger partial charge in [0, 0.05) is 12.1 Å². The average Bonchev–Trinajstić information content (AvgIpc) is 3.14. The molecule has 0 N–H and O–H groups in total. The first-order chi connectivity index (χ1) is 11.9. The van der Waals surface area contributed by atoms with Gasteiger partial charge in [0.05, 0.1) is 5.69 Å². The van der Waals surface area contributed by atoms with Crippen molar-refractivity contribution in [3.63, 3.8) is 0 Å². The molecule has 2 aromatic carbocycles. The van der Waals surface area contributed by atoms with Crippen LogP contribution in [0.5, 0.6) is 0 Å². The minimum atomic E-state index is 0. The third-order valence-electron chi connectivity index (χ3n) is 4.37. The summed E-state index contributed by atoms with van der Waals surface area (Å²) < 4.78 is 0. The van der Waals surface area contributed by atoms with Gasteiger partial charge in [0.15, 0.2) is 0 Å². The van der Waals surface area contributed by atoms with Gasteiger partial charge in [-0.25, -0.2) is 0 Å². The number of allylic oxidation sites excluding steroid dienone is 4. The molecule has 0 spiro atoms. The normalized spacial score (nSPS) is 13.2. The number of pyridine rings is 1. The molecule has 3 aromatic rings. The molecule has 1 aromatic heterocycles. The van der Waals surface area contributed by atoms with Crippen molar-refractivity contribution in [1.82, 2.24) is 4.98 Å². The van der Waals surface area contributed by atoms with E-state index in [9.17, 15) is 0 Å². The quantitative estimate of drug-likeness (QED) is 0.505. The van der Waals surface area contributed by atoms with Gasteiger partial charge >= 0.3 is 17.4 Å². The van der Waals surface area contributed by atoms with E-state index in [-0.39, 0.29) is 48.1 Å². The number of hydrogen-bond acceptors (Lipinski definition) is 1. The molecule has 1 atom stereocenters. The van der Waals surface area contributed by atoms with Crippen molar-refractivity contribution in [3.05, 3.63) is 120 Å². The monoisotopic (exact) mass is 430 g/mol. The zero-order chi connectivity index (χ0) is 16.2. The van der Waals surface area contributed by atoms with Gasteiger partial charge in [0.2, 0.25) is 0 Å². The van der Waals surface area contributed by atoms with E-state index in [1.54, 1.807) is 0 Å². The largest absolute Gasteiger partial charge is 3.00 e. The number of rotatable bonds is 4. The summed E-state index contributed by atoms with van der Waals surface area (Å²) in [5, 5.41) is 0. The van der Waals surface area contributed by atoms with E-state index in [0.717, 1.165) is 12.1 Å². The van der Waals surface area contributed by atoms with Crippen molar-refractivity contribution >= 4 is 5.57 Å². The second-order valence-electron chi connectivity index (χ2n) is 5.94. The summed E-state index contributed by atoms with van der Waals surface area (Å²) in [6.45, 7) is 0. The second-order valence-corrected chi connectivity index (χ2v) is 5.94. The zero-order valence-electron chi connectivity index (χ0n) is 14.6. The summed E-state index contributed by atoms with van der Waals surface area (Å²) in [6, 6.07) is 27.2. The molecule has 1 unspecified atom stereocenters. The fraction of sp³-hybridized carbons (Fsp3) is 0.0870. The zero-order valence-corrected chi connectivity index (χ0v) is 17.3. The Kier molecular flexibility index (Phi) is 9.57. The van der Waals surface area contributed by atoms with Crippen LogP contribution in [0.25, 0.3) is 5.57 Å². The van der Waals surface area contributed by atoms with Crippen LogP contribution in [0.15, 0.2) is 96.7 Å². The van der Waals surface area contributed by atoms with Crippen molar-refractivity contribution in [2.75, 3.05) is 0 Å². The van der Waals surface area contributed by atoms with Gasteiger partial charge in [-0.2, -0.15) is 17.7 Å². The second kappa shape index (κ2) is 11.1. The Morgan fingerprint density at radius 1 is 0.778 bits per heavy atom. The van der Waals surface area contributed by atoms with Crippen molar-refractivity contribution < 1.29 is 42.2 Å². The van der Waals surface area contributed by atoms with Gasteiger partial charge in [0.25, 0.3) is 0 Å². The van der Waals surface area contributed by atoms with Gasteiger partial charge in [-0.3, -0.25) is 4.98 Å². The van der Waals surface area contributed by atoms with Crippen LogP contribution in [0.3, 0.4) is 0 Å². The maximum absolute atomic E-state index is 4.61. The summed E-state index contributed by atoms with van der Waals surface area (Å²) in [7, 11) is 0. The van der Waals surface area contributed by atoms with Crippen molar-refractivity contribution in [1.29, 1.82) is 0 Å². The Hall–Kier alpha value is -1.82. The van der Waals surface area contributed by atoms with Crippen LogP contribution in [0.1, 0.15) is 29.2 Å². The molecule has 1 nitrogen and oxygen atoms in total. The Labute approximate surface area is 184 Å². The molecular formula is C23H18Cl2CrN. The standard InChI is InChI=1S/C23H18N.2ClH.Cr/c1-3-9-18(10-4-1)20-14-15-21(17-20)23(19-11-5-2-6-12-19)22-13-7-8-16-24-22;;;/h1-14,16,23H,15H2;2*1H;/q-1;;;+3/p-2. The van der Waals surface area contributed by atoms with E-state index in [4.69, 9.17) is 0 Å². The van der Waals surface area contributed by atoms with E-state index >= 15 is 0 Å². The molecular weight excluding hydrogens is 413 g/mol. The van der Waals surface area contributed by atoms with E-state index in [1.807, 2.05) is 18.3 Å². The number of aromatic nitrogens is 1. The number of halogens is 2. The van der Waals surface area contributed by atoms with Crippen molar-refractivity contribution in [2.24, 2.45) is 0 Å². The van der Waals surface area contributed by atoms with Crippen LogP contribution in [-0.4, -0.2) is 4.98 Å². The first-order valence-corrected chi connectivity index (χ1v) is 8.26. The van der Waals surface area contributed by atoms with E-state index < -0.39 is 0 Å². The molecule has 4 heteroatoms. The summed E-state index contributed by atoms with van der Waals surface area (Å²) in [5.74, 6) is 0.157. The van der Waals surface area contributed by atoms with Crippen molar-refractivity contribution in [3.8, 4) is 0 Å². The van der Waals surface area contributed by atoms with Gasteiger partial charge in [-0.1, -0.05) is 61.0 Å². The number of benzene rings is 2. The molecule has 135 valence electrons. The molecule has 0 bridgehead atoms. The van der Waals surface area contributed by atoms with Gasteiger partial charge in [-0.15, -0.1) is 23.3 Å². The molecule has 0 fully saturated rings. The maximum atomic E-state index is 4.61. The Balaban J connectivity index is 0.00000121. The van der Waals surface area contributed by atoms with Gasteiger partial charge in [-0.05, 0) is 17.7 Å². The van der Waals surface area contributed by atoms with E-state index in [2.05, 4.69) is 83.9 Å². The molecule has 1 radical (unpaired) electrons. The average molecular weight is 431 g/mol. The Bertz CT molecular complexity index is 839. The molecule has 0 saturated heterocycles. The van der Waals surface area contributed by atoms with Crippen LogP contribution in [0.4, 0.5) is 0 Å². The Morgan fingerprint density at radius 2 is 1.41 bits per heavy atom.